The van der Waals surface area contributed by atoms with Crippen LogP contribution in [0.3, 0.4) is 0 Å². The van der Waals surface area contributed by atoms with Gasteiger partial charge in [0.2, 0.25) is 0 Å². The summed E-state index contributed by atoms with van der Waals surface area (Å²) in [6, 6.07) is 0. The van der Waals surface area contributed by atoms with Crippen molar-refractivity contribution in [3.8, 4) is 0 Å². The van der Waals surface area contributed by atoms with Crippen molar-refractivity contribution in [3.05, 3.63) is 11.6 Å². The predicted molar refractivity (Wildman–Crippen MR) is 77.8 cm³/mol. The highest BCUT2D eigenvalue weighted by atomic mass is 28.4. The van der Waals surface area contributed by atoms with Crippen molar-refractivity contribution in [1.82, 2.24) is 0 Å². The average molecular weight is 258 g/mol. The average Bonchev–Trinajstić information content (AvgIpc) is 2.20. The fourth-order valence-electron chi connectivity index (χ4n) is 1.31. The predicted octanol–water partition coefficient (Wildman–Crippen LogP) is 4.12. The lowest BCUT2D eigenvalue weighted by Crippen LogP contribution is -2.40. The third kappa shape index (κ3) is 7.01. The van der Waals surface area contributed by atoms with E-state index in [9.17, 15) is 0 Å². The summed E-state index contributed by atoms with van der Waals surface area (Å²) in [5.41, 5.74) is 1.36. The van der Waals surface area contributed by atoms with Crippen LogP contribution in [0.25, 0.3) is 0 Å². The summed E-state index contributed by atoms with van der Waals surface area (Å²) in [6.45, 7) is 14.6. The topological polar surface area (TPSA) is 29.5 Å². The quantitative estimate of drug-likeness (QED) is 0.423. The maximum absolute atomic E-state index is 8.72. The minimum atomic E-state index is -1.56. The van der Waals surface area contributed by atoms with Gasteiger partial charge in [-0.25, -0.2) is 0 Å². The summed E-state index contributed by atoms with van der Waals surface area (Å²) in [7, 11) is -1.56. The number of rotatable bonds is 7. The van der Waals surface area contributed by atoms with E-state index in [4.69, 9.17) is 9.53 Å². The number of allylic oxidation sites excluding steroid dienone is 1. The molecule has 0 saturated carbocycles. The van der Waals surface area contributed by atoms with Crippen LogP contribution in [-0.4, -0.2) is 26.6 Å². The Labute approximate surface area is 108 Å². The Bertz CT molecular complexity index is 239. The van der Waals surface area contributed by atoms with Gasteiger partial charge >= 0.3 is 0 Å². The Morgan fingerprint density at radius 2 is 1.88 bits per heavy atom. The normalized spacial score (nSPS) is 14.2. The fourth-order valence-corrected chi connectivity index (χ4v) is 2.40. The lowest BCUT2D eigenvalue weighted by atomic mass is 10.1. The lowest BCUT2D eigenvalue weighted by molar-refractivity contribution is 0.282. The van der Waals surface area contributed by atoms with E-state index in [0.29, 0.717) is 5.04 Å². The molecule has 0 aliphatic heterocycles. The van der Waals surface area contributed by atoms with E-state index in [1.54, 1.807) is 0 Å². The standard InChI is InChI=1S/C14H30O2Si/c1-13(9-7-11-15)10-8-12-16-17(5,6)14(2,3)4/h9,15H,7-8,10-12H2,1-6H3/b13-9-. The summed E-state index contributed by atoms with van der Waals surface area (Å²) in [6.07, 6.45) is 5.05. The molecule has 0 amide bonds. The van der Waals surface area contributed by atoms with E-state index in [0.717, 1.165) is 25.9 Å². The fraction of sp³-hybridized carbons (Fsp3) is 0.857. The molecule has 0 heterocycles. The van der Waals surface area contributed by atoms with E-state index >= 15 is 0 Å². The molecule has 2 nitrogen and oxygen atoms in total. The molecule has 1 N–H and O–H groups in total. The van der Waals surface area contributed by atoms with Crippen LogP contribution < -0.4 is 0 Å². The maximum atomic E-state index is 8.72. The first-order valence-corrected chi connectivity index (χ1v) is 9.52. The van der Waals surface area contributed by atoms with Crippen LogP contribution in [0.5, 0.6) is 0 Å². The molecule has 17 heavy (non-hydrogen) atoms. The van der Waals surface area contributed by atoms with E-state index in [-0.39, 0.29) is 6.61 Å². The van der Waals surface area contributed by atoms with Crippen molar-refractivity contribution in [2.75, 3.05) is 13.2 Å². The molecule has 0 bridgehead atoms. The van der Waals surface area contributed by atoms with Crippen LogP contribution in [0.1, 0.15) is 47.0 Å². The van der Waals surface area contributed by atoms with Gasteiger partial charge in [-0.3, -0.25) is 0 Å². The van der Waals surface area contributed by atoms with Gasteiger partial charge in [-0.15, -0.1) is 0 Å². The molecule has 0 spiro atoms. The van der Waals surface area contributed by atoms with Crippen molar-refractivity contribution in [1.29, 1.82) is 0 Å². The molecule has 0 saturated heterocycles. The zero-order valence-electron chi connectivity index (χ0n) is 12.5. The third-order valence-corrected chi connectivity index (χ3v) is 8.14. The van der Waals surface area contributed by atoms with E-state index in [1.807, 2.05) is 0 Å². The first-order valence-electron chi connectivity index (χ1n) is 6.61. The molecule has 0 atom stereocenters. The Morgan fingerprint density at radius 1 is 1.29 bits per heavy atom. The molecule has 0 aromatic carbocycles. The molecule has 0 rings (SSSR count). The highest BCUT2D eigenvalue weighted by molar-refractivity contribution is 6.74. The van der Waals surface area contributed by atoms with Gasteiger partial charge in [-0.1, -0.05) is 32.4 Å². The first-order chi connectivity index (χ1) is 7.70. The molecule has 0 fully saturated rings. The highest BCUT2D eigenvalue weighted by Gasteiger charge is 2.36. The van der Waals surface area contributed by atoms with E-state index in [2.05, 4.69) is 46.9 Å². The first kappa shape index (κ1) is 16.9. The van der Waals surface area contributed by atoms with Crippen molar-refractivity contribution in [2.45, 2.75) is 65.1 Å². The summed E-state index contributed by atoms with van der Waals surface area (Å²) in [5, 5.41) is 9.02. The minimum absolute atomic E-state index is 0.248. The number of hydrogen-bond acceptors (Lipinski definition) is 2. The summed E-state index contributed by atoms with van der Waals surface area (Å²) >= 11 is 0. The zero-order chi connectivity index (χ0) is 13.5. The Hall–Kier alpha value is -0.123. The molecule has 0 aromatic heterocycles. The van der Waals surface area contributed by atoms with Gasteiger partial charge in [0.1, 0.15) is 0 Å². The lowest BCUT2D eigenvalue weighted by Gasteiger charge is -2.36. The molecule has 0 radical (unpaired) electrons. The van der Waals surface area contributed by atoms with Crippen molar-refractivity contribution in [3.63, 3.8) is 0 Å². The number of aliphatic hydroxyl groups is 1. The van der Waals surface area contributed by atoms with Crippen molar-refractivity contribution < 1.29 is 9.53 Å². The van der Waals surface area contributed by atoms with Crippen LogP contribution in [0.15, 0.2) is 11.6 Å². The Balaban J connectivity index is 3.86. The minimum Gasteiger partial charge on any atom is -0.417 e. The smallest absolute Gasteiger partial charge is 0.191 e. The third-order valence-electron chi connectivity index (χ3n) is 3.61. The summed E-state index contributed by atoms with van der Waals surface area (Å²) < 4.78 is 6.11. The Morgan fingerprint density at radius 3 is 2.35 bits per heavy atom. The summed E-state index contributed by atoms with van der Waals surface area (Å²) in [5.74, 6) is 0. The van der Waals surface area contributed by atoms with Gasteiger partial charge in [-0.2, -0.15) is 0 Å². The second-order valence-electron chi connectivity index (χ2n) is 6.28. The molecule has 3 heteroatoms. The van der Waals surface area contributed by atoms with Crippen LogP contribution >= 0.6 is 0 Å². The van der Waals surface area contributed by atoms with Gasteiger partial charge in [-0.05, 0) is 44.3 Å². The van der Waals surface area contributed by atoms with Crippen LogP contribution in [0.4, 0.5) is 0 Å². The molecule has 0 aromatic rings. The van der Waals surface area contributed by atoms with Gasteiger partial charge in [0.15, 0.2) is 8.32 Å². The van der Waals surface area contributed by atoms with Crippen LogP contribution in [0.2, 0.25) is 18.1 Å². The molecule has 0 aliphatic rings. The van der Waals surface area contributed by atoms with Crippen molar-refractivity contribution >= 4 is 8.32 Å². The van der Waals surface area contributed by atoms with Gasteiger partial charge in [0.25, 0.3) is 0 Å². The second kappa shape index (κ2) is 7.34. The largest absolute Gasteiger partial charge is 0.417 e. The SMILES string of the molecule is C/C(=C/CCO)CCCO[Si](C)(C)C(C)(C)C. The molecule has 0 unspecified atom stereocenters. The van der Waals surface area contributed by atoms with Crippen LogP contribution in [-0.2, 0) is 4.43 Å². The number of aliphatic hydroxyl groups excluding tert-OH is 1. The molecular weight excluding hydrogens is 228 g/mol. The monoisotopic (exact) mass is 258 g/mol. The zero-order valence-corrected chi connectivity index (χ0v) is 13.5. The molecular formula is C14H30O2Si. The van der Waals surface area contributed by atoms with E-state index < -0.39 is 8.32 Å². The second-order valence-corrected chi connectivity index (χ2v) is 11.1. The Kier molecular flexibility index (Phi) is 7.29. The van der Waals surface area contributed by atoms with Gasteiger partial charge < -0.3 is 9.53 Å². The van der Waals surface area contributed by atoms with Crippen LogP contribution in [0, 0.1) is 0 Å². The summed E-state index contributed by atoms with van der Waals surface area (Å²) in [4.78, 5) is 0. The molecule has 102 valence electrons. The molecule has 0 aliphatic carbocycles. The van der Waals surface area contributed by atoms with Crippen molar-refractivity contribution in [2.24, 2.45) is 0 Å². The van der Waals surface area contributed by atoms with E-state index in [1.165, 1.54) is 5.57 Å². The highest BCUT2D eigenvalue weighted by Crippen LogP contribution is 2.36. The maximum Gasteiger partial charge on any atom is 0.191 e. The van der Waals surface area contributed by atoms with Gasteiger partial charge in [0.05, 0.1) is 0 Å². The van der Waals surface area contributed by atoms with Gasteiger partial charge in [0, 0.05) is 13.2 Å². The number of hydrogen-bond donors (Lipinski definition) is 1.